The summed E-state index contributed by atoms with van der Waals surface area (Å²) in [6.07, 6.45) is 3.84. The molecule has 0 saturated heterocycles. The van der Waals surface area contributed by atoms with E-state index in [1.165, 1.54) is 0 Å². The standard InChI is InChI=1S/C31H30O7S/c1-3-29(32)38-21-6-5-20-36-27-15-17-28(18-16-27)39-31(34)25-9-7-23(8-10-25)24-11-13-26(14-12-24)37-22-19-30(33)35-4-2/h3-4,7-18H,1-2,5-6,19-22H2. The summed E-state index contributed by atoms with van der Waals surface area (Å²) in [5, 5.41) is -0.0528. The number of carbonyl (C=O) groups excluding carboxylic acids is 3. The molecule has 0 spiro atoms. The Morgan fingerprint density at radius 2 is 1.28 bits per heavy atom. The molecule has 3 rings (SSSR count). The van der Waals surface area contributed by atoms with Crippen molar-refractivity contribution in [2.75, 3.05) is 19.8 Å². The van der Waals surface area contributed by atoms with Gasteiger partial charge in [-0.1, -0.05) is 37.4 Å². The molecule has 0 radical (unpaired) electrons. The van der Waals surface area contributed by atoms with Crippen LogP contribution in [0.15, 0.2) is 103 Å². The van der Waals surface area contributed by atoms with E-state index in [9.17, 15) is 14.4 Å². The number of benzene rings is 3. The topological polar surface area (TPSA) is 88.1 Å². The molecular formula is C31H30O7S. The van der Waals surface area contributed by atoms with E-state index in [2.05, 4.69) is 17.9 Å². The monoisotopic (exact) mass is 546 g/mol. The van der Waals surface area contributed by atoms with E-state index < -0.39 is 11.9 Å². The van der Waals surface area contributed by atoms with E-state index in [4.69, 9.17) is 14.2 Å². The zero-order chi connectivity index (χ0) is 27.9. The molecular weight excluding hydrogens is 516 g/mol. The molecule has 3 aromatic carbocycles. The van der Waals surface area contributed by atoms with Crippen molar-refractivity contribution in [3.05, 3.63) is 104 Å². The molecule has 0 heterocycles. The lowest BCUT2D eigenvalue weighted by Gasteiger charge is -2.08. The summed E-state index contributed by atoms with van der Waals surface area (Å²) in [6.45, 7) is 7.75. The van der Waals surface area contributed by atoms with Crippen LogP contribution in [0.25, 0.3) is 11.1 Å². The molecule has 0 aromatic heterocycles. The first-order valence-corrected chi connectivity index (χ1v) is 13.2. The van der Waals surface area contributed by atoms with Crippen molar-refractivity contribution in [3.63, 3.8) is 0 Å². The third kappa shape index (κ3) is 10.2. The van der Waals surface area contributed by atoms with Gasteiger partial charge in [0.25, 0.3) is 0 Å². The minimum absolute atomic E-state index is 0.0528. The highest BCUT2D eigenvalue weighted by atomic mass is 32.2. The Morgan fingerprint density at radius 1 is 0.718 bits per heavy atom. The molecule has 0 unspecified atom stereocenters. The van der Waals surface area contributed by atoms with Crippen molar-refractivity contribution >= 4 is 28.8 Å². The van der Waals surface area contributed by atoms with Gasteiger partial charge in [0.05, 0.1) is 32.5 Å². The summed E-state index contributed by atoms with van der Waals surface area (Å²) in [5.74, 6) is 0.547. The number of carbonyl (C=O) groups is 3. The first kappa shape index (κ1) is 29.3. The highest BCUT2D eigenvalue weighted by molar-refractivity contribution is 8.14. The summed E-state index contributed by atoms with van der Waals surface area (Å²) in [6, 6.07) is 22.3. The average molecular weight is 547 g/mol. The molecule has 0 atom stereocenters. The lowest BCUT2D eigenvalue weighted by Crippen LogP contribution is -2.06. The maximum atomic E-state index is 12.8. The molecule has 0 N–H and O–H groups in total. The number of unbranched alkanes of at least 4 members (excludes halogenated alkanes) is 1. The third-order valence-corrected chi connectivity index (χ3v) is 6.28. The maximum absolute atomic E-state index is 12.8. The fourth-order valence-corrected chi connectivity index (χ4v) is 4.08. The predicted octanol–water partition coefficient (Wildman–Crippen LogP) is 6.63. The van der Waals surface area contributed by atoms with E-state index in [0.29, 0.717) is 36.7 Å². The lowest BCUT2D eigenvalue weighted by atomic mass is 10.0. The zero-order valence-electron chi connectivity index (χ0n) is 21.5. The molecule has 0 bridgehead atoms. The second kappa shape index (κ2) is 15.8. The first-order valence-electron chi connectivity index (χ1n) is 12.4. The molecule has 202 valence electrons. The summed E-state index contributed by atoms with van der Waals surface area (Å²) in [5.41, 5.74) is 2.55. The third-order valence-electron chi connectivity index (χ3n) is 5.35. The van der Waals surface area contributed by atoms with Crippen LogP contribution in [0.4, 0.5) is 0 Å². The van der Waals surface area contributed by atoms with Gasteiger partial charge in [0.15, 0.2) is 0 Å². The summed E-state index contributed by atoms with van der Waals surface area (Å²) >= 11 is 1.16. The Bertz CT molecular complexity index is 1250. The van der Waals surface area contributed by atoms with Gasteiger partial charge in [-0.15, -0.1) is 0 Å². The molecule has 0 aliphatic rings. The second-order valence-corrected chi connectivity index (χ2v) is 9.19. The number of ether oxygens (including phenoxy) is 4. The number of hydrogen-bond acceptors (Lipinski definition) is 8. The van der Waals surface area contributed by atoms with Crippen LogP contribution < -0.4 is 9.47 Å². The fraction of sp³-hybridized carbons (Fsp3) is 0.194. The molecule has 39 heavy (non-hydrogen) atoms. The van der Waals surface area contributed by atoms with Gasteiger partial charge in [-0.05, 0) is 84.3 Å². The van der Waals surface area contributed by atoms with Crippen molar-refractivity contribution in [2.45, 2.75) is 24.2 Å². The van der Waals surface area contributed by atoms with Gasteiger partial charge in [0.2, 0.25) is 5.12 Å². The van der Waals surface area contributed by atoms with Crippen LogP contribution in [0.1, 0.15) is 29.6 Å². The molecule has 0 aliphatic heterocycles. The normalized spacial score (nSPS) is 10.3. The van der Waals surface area contributed by atoms with Crippen LogP contribution in [0.3, 0.4) is 0 Å². The van der Waals surface area contributed by atoms with Crippen molar-refractivity contribution in [1.82, 2.24) is 0 Å². The Hall–Kier alpha value is -4.30. The molecule has 3 aromatic rings. The molecule has 0 fully saturated rings. The van der Waals surface area contributed by atoms with Crippen molar-refractivity contribution < 1.29 is 33.3 Å². The molecule has 0 amide bonds. The van der Waals surface area contributed by atoms with Crippen molar-refractivity contribution in [3.8, 4) is 22.6 Å². The molecule has 0 aliphatic carbocycles. The smallest absolute Gasteiger partial charge is 0.330 e. The van der Waals surface area contributed by atoms with Gasteiger partial charge < -0.3 is 18.9 Å². The number of thioether (sulfide) groups is 1. The van der Waals surface area contributed by atoms with Gasteiger partial charge in [-0.3, -0.25) is 9.59 Å². The Balaban J connectivity index is 1.43. The Kier molecular flexibility index (Phi) is 11.9. The first-order chi connectivity index (χ1) is 19.0. The van der Waals surface area contributed by atoms with E-state index in [1.54, 1.807) is 0 Å². The average Bonchev–Trinajstić information content (AvgIpc) is 2.96. The van der Waals surface area contributed by atoms with E-state index in [-0.39, 0.29) is 18.1 Å². The number of esters is 2. The number of hydrogen-bond donors (Lipinski definition) is 0. The SMILES string of the molecule is C=COC(=O)CCOc1ccc(-c2ccc(C(=O)Sc3ccc(OCCCCOC(=O)C=C)cc3)cc2)cc1. The lowest BCUT2D eigenvalue weighted by molar-refractivity contribution is -0.139. The van der Waals surface area contributed by atoms with Gasteiger partial charge in [0.1, 0.15) is 11.5 Å². The van der Waals surface area contributed by atoms with E-state index >= 15 is 0 Å². The van der Waals surface area contributed by atoms with Crippen LogP contribution in [0.5, 0.6) is 11.5 Å². The van der Waals surface area contributed by atoms with E-state index in [1.807, 2.05) is 72.8 Å². The van der Waals surface area contributed by atoms with E-state index in [0.717, 1.165) is 46.5 Å². The Morgan fingerprint density at radius 3 is 1.90 bits per heavy atom. The van der Waals surface area contributed by atoms with Crippen LogP contribution >= 0.6 is 11.8 Å². The van der Waals surface area contributed by atoms with Crippen LogP contribution in [0.2, 0.25) is 0 Å². The van der Waals surface area contributed by atoms with Gasteiger partial charge >= 0.3 is 11.9 Å². The minimum Gasteiger partial charge on any atom is -0.494 e. The van der Waals surface area contributed by atoms with Crippen LogP contribution in [0, 0.1) is 0 Å². The van der Waals surface area contributed by atoms with Gasteiger partial charge in [0, 0.05) is 16.5 Å². The molecule has 7 nitrogen and oxygen atoms in total. The van der Waals surface area contributed by atoms with Crippen LogP contribution in [-0.2, 0) is 19.1 Å². The zero-order valence-corrected chi connectivity index (χ0v) is 22.3. The predicted molar refractivity (Wildman–Crippen MR) is 151 cm³/mol. The van der Waals surface area contributed by atoms with Gasteiger partial charge in [-0.2, -0.15) is 0 Å². The fourth-order valence-electron chi connectivity index (χ4n) is 3.34. The Labute approximate surface area is 232 Å². The van der Waals surface area contributed by atoms with Crippen LogP contribution in [-0.4, -0.2) is 36.9 Å². The summed E-state index contributed by atoms with van der Waals surface area (Å²) in [4.78, 5) is 35.9. The second-order valence-electron chi connectivity index (χ2n) is 8.14. The highest BCUT2D eigenvalue weighted by Gasteiger charge is 2.10. The summed E-state index contributed by atoms with van der Waals surface area (Å²) < 4.78 is 20.8. The largest absolute Gasteiger partial charge is 0.494 e. The maximum Gasteiger partial charge on any atom is 0.330 e. The van der Waals surface area contributed by atoms with Crippen molar-refractivity contribution in [2.24, 2.45) is 0 Å². The molecule has 8 heteroatoms. The minimum atomic E-state index is -0.422. The summed E-state index contributed by atoms with van der Waals surface area (Å²) in [7, 11) is 0. The highest BCUT2D eigenvalue weighted by Crippen LogP contribution is 2.27. The molecule has 0 saturated carbocycles. The van der Waals surface area contributed by atoms with Gasteiger partial charge in [-0.25, -0.2) is 4.79 Å². The quantitative estimate of drug-likeness (QED) is 0.0690. The number of rotatable bonds is 15. The van der Waals surface area contributed by atoms with Crippen molar-refractivity contribution in [1.29, 1.82) is 0 Å².